The van der Waals surface area contributed by atoms with Crippen LogP contribution >= 0.6 is 0 Å². The fourth-order valence-electron chi connectivity index (χ4n) is 3.01. The Hall–Kier alpha value is -1.40. The van der Waals surface area contributed by atoms with E-state index in [1.54, 1.807) is 17.8 Å². The van der Waals surface area contributed by atoms with Crippen molar-refractivity contribution in [3.05, 3.63) is 18.0 Å². The fourth-order valence-corrected chi connectivity index (χ4v) is 3.01. The predicted molar refractivity (Wildman–Crippen MR) is 83.1 cm³/mol. The number of aryl methyl sites for hydroxylation is 1. The van der Waals surface area contributed by atoms with Crippen molar-refractivity contribution in [2.24, 2.45) is 7.05 Å². The molecule has 0 spiro atoms. The first kappa shape index (κ1) is 17.0. The van der Waals surface area contributed by atoms with Crippen LogP contribution in [-0.2, 0) is 23.2 Å². The highest BCUT2D eigenvalue weighted by Crippen LogP contribution is 2.21. The predicted octanol–water partition coefficient (Wildman–Crippen LogP) is 1.48. The van der Waals surface area contributed by atoms with E-state index in [1.807, 2.05) is 18.0 Å². The zero-order chi connectivity index (χ0) is 15.9. The van der Waals surface area contributed by atoms with E-state index in [9.17, 15) is 9.90 Å². The molecule has 0 saturated carbocycles. The first-order chi connectivity index (χ1) is 10.6. The highest BCUT2D eigenvalue weighted by Gasteiger charge is 2.26. The number of amides is 1. The van der Waals surface area contributed by atoms with Crippen LogP contribution in [0.1, 0.15) is 44.7 Å². The minimum absolute atomic E-state index is 0.0229. The molecule has 2 unspecified atom stereocenters. The van der Waals surface area contributed by atoms with Gasteiger partial charge in [-0.15, -0.1) is 0 Å². The Bertz CT molecular complexity index is 473. The topological polar surface area (TPSA) is 67.6 Å². The number of likely N-dealkylation sites (tertiary alicyclic amines) is 1. The number of aliphatic hydroxyl groups is 1. The van der Waals surface area contributed by atoms with E-state index in [1.165, 1.54) is 0 Å². The summed E-state index contributed by atoms with van der Waals surface area (Å²) in [4.78, 5) is 14.4. The summed E-state index contributed by atoms with van der Waals surface area (Å²) in [5.74, 6) is 0.0229. The van der Waals surface area contributed by atoms with E-state index >= 15 is 0 Å². The molecular formula is C16H27N3O3. The van der Waals surface area contributed by atoms with Crippen molar-refractivity contribution >= 4 is 5.91 Å². The van der Waals surface area contributed by atoms with Gasteiger partial charge < -0.3 is 14.7 Å². The number of nitrogens with zero attached hydrogens (tertiary/aromatic N) is 3. The summed E-state index contributed by atoms with van der Waals surface area (Å²) in [6, 6.07) is 2.02. The largest absolute Gasteiger partial charge is 0.393 e. The Kier molecular flexibility index (Phi) is 6.39. The Morgan fingerprint density at radius 3 is 3.00 bits per heavy atom. The lowest BCUT2D eigenvalue weighted by Crippen LogP contribution is -2.43. The normalized spacial score (nSPS) is 20.7. The van der Waals surface area contributed by atoms with E-state index in [-0.39, 0.29) is 24.7 Å². The maximum atomic E-state index is 12.5. The number of rotatable bonds is 6. The molecule has 1 aliphatic rings. The van der Waals surface area contributed by atoms with E-state index in [4.69, 9.17) is 4.74 Å². The van der Waals surface area contributed by atoms with E-state index in [0.717, 1.165) is 37.9 Å². The zero-order valence-electron chi connectivity index (χ0n) is 13.6. The van der Waals surface area contributed by atoms with Crippen LogP contribution < -0.4 is 0 Å². The molecule has 1 aliphatic heterocycles. The molecule has 124 valence electrons. The van der Waals surface area contributed by atoms with Gasteiger partial charge in [-0.05, 0) is 32.3 Å². The Morgan fingerprint density at radius 2 is 2.32 bits per heavy atom. The van der Waals surface area contributed by atoms with Crippen molar-refractivity contribution in [3.8, 4) is 0 Å². The summed E-state index contributed by atoms with van der Waals surface area (Å²) in [5, 5.41) is 13.7. The maximum Gasteiger partial charge on any atom is 0.248 e. The Balaban J connectivity index is 1.86. The molecule has 1 amide bonds. The van der Waals surface area contributed by atoms with Crippen LogP contribution in [0.5, 0.6) is 0 Å². The lowest BCUT2D eigenvalue weighted by molar-refractivity contribution is -0.139. The number of carbonyl (C=O) groups excluding carboxylic acids is 1. The van der Waals surface area contributed by atoms with Gasteiger partial charge in [0.15, 0.2) is 0 Å². The number of aromatic nitrogens is 2. The zero-order valence-corrected chi connectivity index (χ0v) is 13.6. The third-order valence-corrected chi connectivity index (χ3v) is 4.21. The summed E-state index contributed by atoms with van der Waals surface area (Å²) in [5.41, 5.74) is 0.948. The highest BCUT2D eigenvalue weighted by molar-refractivity contribution is 5.77. The van der Waals surface area contributed by atoms with Gasteiger partial charge >= 0.3 is 0 Å². The minimum Gasteiger partial charge on any atom is -0.393 e. The van der Waals surface area contributed by atoms with Gasteiger partial charge in [0, 0.05) is 25.8 Å². The molecule has 22 heavy (non-hydrogen) atoms. The second-order valence-corrected chi connectivity index (χ2v) is 6.11. The third kappa shape index (κ3) is 4.81. The molecule has 1 N–H and O–H groups in total. The van der Waals surface area contributed by atoms with Crippen LogP contribution in [0.4, 0.5) is 0 Å². The molecule has 0 bridgehead atoms. The van der Waals surface area contributed by atoms with Crippen molar-refractivity contribution in [2.75, 3.05) is 13.2 Å². The average molecular weight is 309 g/mol. The molecule has 2 heterocycles. The van der Waals surface area contributed by atoms with Crippen molar-refractivity contribution in [2.45, 2.75) is 57.8 Å². The molecule has 0 aromatic carbocycles. The van der Waals surface area contributed by atoms with Crippen LogP contribution in [0.2, 0.25) is 0 Å². The van der Waals surface area contributed by atoms with Crippen molar-refractivity contribution in [3.63, 3.8) is 0 Å². The third-order valence-electron chi connectivity index (χ3n) is 4.21. The van der Waals surface area contributed by atoms with Gasteiger partial charge in [-0.1, -0.05) is 12.8 Å². The van der Waals surface area contributed by atoms with Crippen LogP contribution in [0, 0.1) is 0 Å². The first-order valence-electron chi connectivity index (χ1n) is 8.10. The van der Waals surface area contributed by atoms with Gasteiger partial charge in [0.2, 0.25) is 5.91 Å². The van der Waals surface area contributed by atoms with Crippen LogP contribution in [0.25, 0.3) is 0 Å². The number of ether oxygens (including phenoxy) is 1. The molecule has 1 fully saturated rings. The molecular weight excluding hydrogens is 282 g/mol. The number of aliphatic hydroxyl groups excluding tert-OH is 1. The summed E-state index contributed by atoms with van der Waals surface area (Å²) in [7, 11) is 1.86. The SMILES string of the molecule is CC(O)CC1CCCCCN1C(=O)COCc1ccnn1C. The smallest absolute Gasteiger partial charge is 0.248 e. The summed E-state index contributed by atoms with van der Waals surface area (Å²) in [6.45, 7) is 3.02. The quantitative estimate of drug-likeness (QED) is 0.864. The Morgan fingerprint density at radius 1 is 1.50 bits per heavy atom. The van der Waals surface area contributed by atoms with Gasteiger partial charge in [0.1, 0.15) is 6.61 Å². The molecule has 0 aliphatic carbocycles. The average Bonchev–Trinajstić information content (AvgIpc) is 2.73. The summed E-state index contributed by atoms with van der Waals surface area (Å²) in [6.07, 6.45) is 6.25. The van der Waals surface area contributed by atoms with Gasteiger partial charge in [-0.2, -0.15) is 5.10 Å². The van der Waals surface area contributed by atoms with Crippen LogP contribution in [0.15, 0.2) is 12.3 Å². The lowest BCUT2D eigenvalue weighted by atomic mass is 10.0. The highest BCUT2D eigenvalue weighted by atomic mass is 16.5. The summed E-state index contributed by atoms with van der Waals surface area (Å²) >= 11 is 0. The maximum absolute atomic E-state index is 12.5. The van der Waals surface area contributed by atoms with Gasteiger partial charge in [0.25, 0.3) is 0 Å². The standard InChI is InChI=1S/C16H27N3O3/c1-13(20)10-14-6-4-3-5-9-19(14)16(21)12-22-11-15-7-8-17-18(15)2/h7-8,13-14,20H,3-6,9-12H2,1-2H3. The first-order valence-corrected chi connectivity index (χ1v) is 8.10. The number of carbonyl (C=O) groups is 1. The Labute approximate surface area is 132 Å². The number of hydrogen-bond acceptors (Lipinski definition) is 4. The lowest BCUT2D eigenvalue weighted by Gasteiger charge is -2.31. The fraction of sp³-hybridized carbons (Fsp3) is 0.750. The molecule has 2 rings (SSSR count). The van der Waals surface area contributed by atoms with Gasteiger partial charge in [-0.3, -0.25) is 9.48 Å². The van der Waals surface area contributed by atoms with Gasteiger partial charge in [-0.25, -0.2) is 0 Å². The second kappa shape index (κ2) is 8.29. The molecule has 1 saturated heterocycles. The van der Waals surface area contributed by atoms with Crippen molar-refractivity contribution in [1.82, 2.24) is 14.7 Å². The van der Waals surface area contributed by atoms with E-state index in [2.05, 4.69) is 5.10 Å². The summed E-state index contributed by atoms with van der Waals surface area (Å²) < 4.78 is 7.30. The molecule has 1 aromatic heterocycles. The molecule has 6 nitrogen and oxygen atoms in total. The molecule has 6 heteroatoms. The molecule has 2 atom stereocenters. The van der Waals surface area contributed by atoms with Crippen LogP contribution in [0.3, 0.4) is 0 Å². The van der Waals surface area contributed by atoms with E-state index in [0.29, 0.717) is 13.0 Å². The second-order valence-electron chi connectivity index (χ2n) is 6.11. The van der Waals surface area contributed by atoms with Crippen molar-refractivity contribution in [1.29, 1.82) is 0 Å². The van der Waals surface area contributed by atoms with Crippen LogP contribution in [-0.4, -0.2) is 51.0 Å². The minimum atomic E-state index is -0.381. The molecule has 1 aromatic rings. The van der Waals surface area contributed by atoms with Gasteiger partial charge in [0.05, 0.1) is 18.4 Å². The molecule has 0 radical (unpaired) electrons. The van der Waals surface area contributed by atoms with E-state index < -0.39 is 0 Å². The van der Waals surface area contributed by atoms with Crippen molar-refractivity contribution < 1.29 is 14.6 Å². The number of hydrogen-bond donors (Lipinski definition) is 1. The monoisotopic (exact) mass is 309 g/mol.